The van der Waals surface area contributed by atoms with Gasteiger partial charge in [0.15, 0.2) is 0 Å². The average molecular weight is 364 g/mol. The normalized spacial score (nSPS) is 11.5. The molecule has 0 bridgehead atoms. The van der Waals surface area contributed by atoms with E-state index in [9.17, 15) is 17.6 Å². The van der Waals surface area contributed by atoms with Crippen LogP contribution in [0.4, 0.5) is 17.6 Å². The molecule has 0 aliphatic carbocycles. The summed E-state index contributed by atoms with van der Waals surface area (Å²) in [4.78, 5) is 0. The van der Waals surface area contributed by atoms with Crippen molar-refractivity contribution >= 4 is 15.9 Å². The van der Waals surface area contributed by atoms with E-state index in [4.69, 9.17) is 10.5 Å². The zero-order valence-electron chi connectivity index (χ0n) is 10.5. The Balaban J connectivity index is 2.33. The molecular weight excluding hydrogens is 354 g/mol. The molecule has 0 aromatic heterocycles. The zero-order chi connectivity index (χ0) is 15.6. The van der Waals surface area contributed by atoms with Crippen molar-refractivity contribution in [2.75, 3.05) is 0 Å². The highest BCUT2D eigenvalue weighted by Gasteiger charge is 2.33. The Morgan fingerprint density at radius 2 is 1.76 bits per heavy atom. The lowest BCUT2D eigenvalue weighted by atomic mass is 10.1. The van der Waals surface area contributed by atoms with E-state index in [1.54, 1.807) is 0 Å². The standard InChI is InChI=1S/C14H10BrF4NO/c15-9-4-10(16)6-12(5-9)21-11-1-2-13(14(17,18)19)8(3-11)7-20/h1-6H,7,20H2. The van der Waals surface area contributed by atoms with E-state index in [0.717, 1.165) is 12.1 Å². The fourth-order valence-electron chi connectivity index (χ4n) is 1.80. The van der Waals surface area contributed by atoms with Crippen molar-refractivity contribution < 1.29 is 22.3 Å². The molecule has 112 valence electrons. The number of hydrogen-bond donors (Lipinski definition) is 1. The molecule has 2 aromatic rings. The van der Waals surface area contributed by atoms with Crippen LogP contribution < -0.4 is 10.5 Å². The van der Waals surface area contributed by atoms with Gasteiger partial charge in [-0.1, -0.05) is 15.9 Å². The molecule has 0 unspecified atom stereocenters. The van der Waals surface area contributed by atoms with Crippen LogP contribution in [0.3, 0.4) is 0 Å². The molecule has 0 heterocycles. The van der Waals surface area contributed by atoms with Gasteiger partial charge < -0.3 is 10.5 Å². The second-order valence-corrected chi connectivity index (χ2v) is 5.14. The van der Waals surface area contributed by atoms with Crippen molar-refractivity contribution in [3.05, 3.63) is 57.8 Å². The third kappa shape index (κ3) is 3.95. The van der Waals surface area contributed by atoms with Crippen LogP contribution in [-0.2, 0) is 12.7 Å². The van der Waals surface area contributed by atoms with E-state index in [2.05, 4.69) is 15.9 Å². The first-order valence-electron chi connectivity index (χ1n) is 5.84. The van der Waals surface area contributed by atoms with Crippen LogP contribution >= 0.6 is 15.9 Å². The van der Waals surface area contributed by atoms with E-state index in [0.29, 0.717) is 4.47 Å². The molecule has 2 nitrogen and oxygen atoms in total. The Bertz CT molecular complexity index is 638. The topological polar surface area (TPSA) is 35.2 Å². The average Bonchev–Trinajstić information content (AvgIpc) is 2.36. The van der Waals surface area contributed by atoms with Gasteiger partial charge in [-0.05, 0) is 35.9 Å². The van der Waals surface area contributed by atoms with Crippen molar-refractivity contribution in [2.24, 2.45) is 5.73 Å². The van der Waals surface area contributed by atoms with Crippen LogP contribution in [0.5, 0.6) is 11.5 Å². The molecule has 0 spiro atoms. The van der Waals surface area contributed by atoms with Crippen molar-refractivity contribution in [2.45, 2.75) is 12.7 Å². The minimum absolute atomic E-state index is 0.0875. The van der Waals surface area contributed by atoms with Crippen LogP contribution in [0, 0.1) is 5.82 Å². The summed E-state index contributed by atoms with van der Waals surface area (Å²) in [6.07, 6.45) is -4.48. The van der Waals surface area contributed by atoms with Gasteiger partial charge in [-0.25, -0.2) is 4.39 Å². The molecule has 0 saturated heterocycles. The van der Waals surface area contributed by atoms with Crippen molar-refractivity contribution in [3.63, 3.8) is 0 Å². The van der Waals surface area contributed by atoms with E-state index in [-0.39, 0.29) is 23.6 Å². The van der Waals surface area contributed by atoms with Crippen LogP contribution in [0.1, 0.15) is 11.1 Å². The molecular formula is C14H10BrF4NO. The van der Waals surface area contributed by atoms with Gasteiger partial charge in [-0.15, -0.1) is 0 Å². The third-order valence-corrected chi connectivity index (χ3v) is 3.13. The summed E-state index contributed by atoms with van der Waals surface area (Å²) in [5.41, 5.74) is 4.44. The van der Waals surface area contributed by atoms with E-state index < -0.39 is 17.6 Å². The highest BCUT2D eigenvalue weighted by Crippen LogP contribution is 2.35. The van der Waals surface area contributed by atoms with Crippen LogP contribution in [0.15, 0.2) is 40.9 Å². The van der Waals surface area contributed by atoms with Gasteiger partial charge in [-0.3, -0.25) is 0 Å². The van der Waals surface area contributed by atoms with Crippen LogP contribution in [0.25, 0.3) is 0 Å². The first-order valence-corrected chi connectivity index (χ1v) is 6.63. The number of rotatable bonds is 3. The van der Waals surface area contributed by atoms with E-state index in [1.807, 2.05) is 0 Å². The first kappa shape index (κ1) is 15.8. The molecule has 0 amide bonds. The fourth-order valence-corrected chi connectivity index (χ4v) is 2.25. The lowest BCUT2D eigenvalue weighted by Crippen LogP contribution is -2.11. The molecule has 0 aliphatic heterocycles. The Morgan fingerprint density at radius 1 is 1.05 bits per heavy atom. The van der Waals surface area contributed by atoms with Crippen molar-refractivity contribution in [1.82, 2.24) is 0 Å². The summed E-state index contributed by atoms with van der Waals surface area (Å²) in [6.45, 7) is -0.279. The zero-order valence-corrected chi connectivity index (χ0v) is 12.1. The predicted molar refractivity (Wildman–Crippen MR) is 73.5 cm³/mol. The van der Waals surface area contributed by atoms with Gasteiger partial charge >= 0.3 is 6.18 Å². The monoisotopic (exact) mass is 363 g/mol. The molecule has 2 aromatic carbocycles. The Kier molecular flexibility index (Phi) is 4.53. The maximum atomic E-state index is 13.2. The lowest BCUT2D eigenvalue weighted by molar-refractivity contribution is -0.138. The van der Waals surface area contributed by atoms with Crippen LogP contribution in [0.2, 0.25) is 0 Å². The molecule has 0 atom stereocenters. The quantitative estimate of drug-likeness (QED) is 0.790. The highest BCUT2D eigenvalue weighted by atomic mass is 79.9. The number of alkyl halides is 3. The predicted octanol–water partition coefficient (Wildman–Crippen LogP) is 4.86. The molecule has 2 rings (SSSR count). The maximum Gasteiger partial charge on any atom is 0.416 e. The van der Waals surface area contributed by atoms with Gasteiger partial charge in [0.25, 0.3) is 0 Å². The third-order valence-electron chi connectivity index (χ3n) is 2.67. The summed E-state index contributed by atoms with van der Waals surface area (Å²) in [7, 11) is 0. The molecule has 0 radical (unpaired) electrons. The second-order valence-electron chi connectivity index (χ2n) is 4.23. The lowest BCUT2D eigenvalue weighted by Gasteiger charge is -2.14. The SMILES string of the molecule is NCc1cc(Oc2cc(F)cc(Br)c2)ccc1C(F)(F)F. The van der Waals surface area contributed by atoms with Gasteiger partial charge in [0.1, 0.15) is 17.3 Å². The molecule has 7 heteroatoms. The second kappa shape index (κ2) is 6.03. The van der Waals surface area contributed by atoms with Gasteiger partial charge in [0.05, 0.1) is 5.56 Å². The summed E-state index contributed by atoms with van der Waals surface area (Å²) < 4.78 is 57.3. The van der Waals surface area contributed by atoms with Crippen molar-refractivity contribution in [3.8, 4) is 11.5 Å². The summed E-state index contributed by atoms with van der Waals surface area (Å²) in [6, 6.07) is 7.13. The molecule has 21 heavy (non-hydrogen) atoms. The van der Waals surface area contributed by atoms with Crippen LogP contribution in [-0.4, -0.2) is 0 Å². The Labute approximate surface area is 126 Å². The van der Waals surface area contributed by atoms with Gasteiger partial charge in [0, 0.05) is 17.1 Å². The summed E-state index contributed by atoms with van der Waals surface area (Å²) in [5, 5.41) is 0. The fraction of sp³-hybridized carbons (Fsp3) is 0.143. The number of halogens is 5. The number of hydrogen-bond acceptors (Lipinski definition) is 2. The molecule has 0 fully saturated rings. The summed E-state index contributed by atoms with van der Waals surface area (Å²) in [5.74, 6) is -0.198. The minimum Gasteiger partial charge on any atom is -0.457 e. The minimum atomic E-state index is -4.48. The first-order chi connectivity index (χ1) is 9.79. The van der Waals surface area contributed by atoms with Crippen molar-refractivity contribution in [1.29, 1.82) is 0 Å². The number of nitrogens with two attached hydrogens (primary N) is 1. The largest absolute Gasteiger partial charge is 0.457 e. The van der Waals surface area contributed by atoms with E-state index >= 15 is 0 Å². The Hall–Kier alpha value is -1.60. The molecule has 2 N–H and O–H groups in total. The summed E-state index contributed by atoms with van der Waals surface area (Å²) >= 11 is 3.10. The Morgan fingerprint density at radius 3 is 2.33 bits per heavy atom. The maximum absolute atomic E-state index is 13.2. The van der Waals surface area contributed by atoms with Gasteiger partial charge in [0.2, 0.25) is 0 Å². The molecule has 0 aliphatic rings. The van der Waals surface area contributed by atoms with E-state index in [1.165, 1.54) is 24.3 Å². The van der Waals surface area contributed by atoms with Gasteiger partial charge in [-0.2, -0.15) is 13.2 Å². The smallest absolute Gasteiger partial charge is 0.416 e. The number of benzene rings is 2. The number of ether oxygens (including phenoxy) is 1. The highest BCUT2D eigenvalue weighted by molar-refractivity contribution is 9.10. The molecule has 0 saturated carbocycles.